The second kappa shape index (κ2) is 5.91. The van der Waals surface area contributed by atoms with Gasteiger partial charge in [0.25, 0.3) is 0 Å². The number of thiophene rings is 1. The largest absolute Gasteiger partial charge is 0.357 e. The van der Waals surface area contributed by atoms with Crippen LogP contribution in [0, 0.1) is 5.92 Å². The van der Waals surface area contributed by atoms with E-state index in [-0.39, 0.29) is 0 Å². The molecule has 1 aliphatic heterocycles. The molecular weight excluding hydrogens is 248 g/mol. The van der Waals surface area contributed by atoms with Gasteiger partial charge in [-0.3, -0.25) is 4.99 Å². The molecule has 1 aromatic heterocycles. The molecule has 94 valence electrons. The first-order valence-corrected chi connectivity index (χ1v) is 8.04. The van der Waals surface area contributed by atoms with E-state index in [1.54, 1.807) is 0 Å². The molecule has 2 heterocycles. The van der Waals surface area contributed by atoms with Crippen LogP contribution in [0.5, 0.6) is 0 Å². The molecule has 0 saturated carbocycles. The first-order valence-electron chi connectivity index (χ1n) is 6.17. The third-order valence-electron chi connectivity index (χ3n) is 2.91. The van der Waals surface area contributed by atoms with Gasteiger partial charge in [-0.05, 0) is 30.7 Å². The number of hydrogen-bond donors (Lipinski definition) is 1. The number of amidine groups is 1. The van der Waals surface area contributed by atoms with Crippen molar-refractivity contribution in [1.82, 2.24) is 5.32 Å². The van der Waals surface area contributed by atoms with Crippen LogP contribution in [-0.2, 0) is 0 Å². The summed E-state index contributed by atoms with van der Waals surface area (Å²) in [7, 11) is 0. The highest BCUT2D eigenvalue weighted by molar-refractivity contribution is 8.13. The van der Waals surface area contributed by atoms with Gasteiger partial charge in [0, 0.05) is 10.6 Å². The fourth-order valence-corrected chi connectivity index (χ4v) is 3.94. The lowest BCUT2D eigenvalue weighted by molar-refractivity contribution is 0.479. The summed E-state index contributed by atoms with van der Waals surface area (Å²) in [5.74, 6) is 1.76. The van der Waals surface area contributed by atoms with Crippen LogP contribution in [0.15, 0.2) is 22.5 Å². The Morgan fingerprint density at radius 3 is 2.88 bits per heavy atom. The van der Waals surface area contributed by atoms with Crippen molar-refractivity contribution in [3.05, 3.63) is 22.4 Å². The Balaban J connectivity index is 2.08. The van der Waals surface area contributed by atoms with Crippen LogP contribution in [0.2, 0.25) is 0 Å². The molecule has 1 N–H and O–H groups in total. The summed E-state index contributed by atoms with van der Waals surface area (Å²) in [6.07, 6.45) is 1.20. The van der Waals surface area contributed by atoms with Crippen LogP contribution in [0.4, 0.5) is 0 Å². The number of nitrogens with zero attached hydrogens (tertiary/aromatic N) is 1. The molecule has 0 amide bonds. The quantitative estimate of drug-likeness (QED) is 0.898. The van der Waals surface area contributed by atoms with Crippen molar-refractivity contribution in [2.45, 2.75) is 39.3 Å². The Morgan fingerprint density at radius 2 is 2.29 bits per heavy atom. The van der Waals surface area contributed by atoms with Gasteiger partial charge in [-0.25, -0.2) is 0 Å². The number of thioether (sulfide) groups is 1. The predicted octanol–water partition coefficient (Wildman–Crippen LogP) is 3.92. The molecule has 2 unspecified atom stereocenters. The molecule has 1 aromatic rings. The molecule has 1 aliphatic rings. The van der Waals surface area contributed by atoms with Crippen LogP contribution in [-0.4, -0.2) is 17.0 Å². The molecule has 4 heteroatoms. The summed E-state index contributed by atoms with van der Waals surface area (Å²) in [6, 6.07) is 5.19. The van der Waals surface area contributed by atoms with E-state index in [1.807, 2.05) is 23.1 Å². The van der Waals surface area contributed by atoms with Crippen LogP contribution < -0.4 is 5.32 Å². The van der Waals surface area contributed by atoms with E-state index in [2.05, 4.69) is 48.6 Å². The third kappa shape index (κ3) is 3.49. The molecule has 2 rings (SSSR count). The molecule has 0 aromatic carbocycles. The van der Waals surface area contributed by atoms with Crippen LogP contribution in [0.1, 0.15) is 38.1 Å². The fraction of sp³-hybridized carbons (Fsp3) is 0.615. The molecule has 2 nitrogen and oxygen atoms in total. The summed E-state index contributed by atoms with van der Waals surface area (Å²) in [4.78, 5) is 6.09. The molecule has 2 atom stereocenters. The molecule has 0 saturated heterocycles. The fourth-order valence-electron chi connectivity index (χ4n) is 1.87. The first-order chi connectivity index (χ1) is 8.16. The predicted molar refractivity (Wildman–Crippen MR) is 79.0 cm³/mol. The molecule has 0 radical (unpaired) electrons. The minimum atomic E-state index is 0.395. The molecule has 0 spiro atoms. The number of nitrogens with one attached hydrogen (secondary N) is 1. The van der Waals surface area contributed by atoms with E-state index in [0.717, 1.165) is 5.17 Å². The van der Waals surface area contributed by atoms with E-state index >= 15 is 0 Å². The maximum atomic E-state index is 4.69. The Labute approximate surface area is 112 Å². The van der Waals surface area contributed by atoms with Crippen molar-refractivity contribution in [2.24, 2.45) is 10.9 Å². The van der Waals surface area contributed by atoms with Crippen molar-refractivity contribution in [2.75, 3.05) is 5.75 Å². The van der Waals surface area contributed by atoms with Gasteiger partial charge in [0.15, 0.2) is 5.17 Å². The Kier molecular flexibility index (Phi) is 4.51. The summed E-state index contributed by atoms with van der Waals surface area (Å²) >= 11 is 3.68. The van der Waals surface area contributed by atoms with Crippen molar-refractivity contribution in [3.63, 3.8) is 0 Å². The van der Waals surface area contributed by atoms with Gasteiger partial charge < -0.3 is 5.32 Å². The zero-order valence-corrected chi connectivity index (χ0v) is 12.3. The number of rotatable bonds is 3. The van der Waals surface area contributed by atoms with Gasteiger partial charge in [0.1, 0.15) is 0 Å². The lowest BCUT2D eigenvalue weighted by atomic mass is 10.0. The monoisotopic (exact) mass is 268 g/mol. The van der Waals surface area contributed by atoms with Crippen LogP contribution in [0.25, 0.3) is 0 Å². The van der Waals surface area contributed by atoms with E-state index in [1.165, 1.54) is 17.1 Å². The highest BCUT2D eigenvalue weighted by Gasteiger charge is 2.20. The van der Waals surface area contributed by atoms with Gasteiger partial charge in [0.05, 0.1) is 12.1 Å². The summed E-state index contributed by atoms with van der Waals surface area (Å²) in [5, 5.41) is 6.88. The SMILES string of the molecule is CC1CCSC(NC(c2cccs2)C(C)C)=N1. The lowest BCUT2D eigenvalue weighted by Crippen LogP contribution is -2.32. The molecule has 17 heavy (non-hydrogen) atoms. The van der Waals surface area contributed by atoms with E-state index in [9.17, 15) is 0 Å². The smallest absolute Gasteiger partial charge is 0.157 e. The average Bonchev–Trinajstić information content (AvgIpc) is 2.78. The van der Waals surface area contributed by atoms with E-state index in [0.29, 0.717) is 18.0 Å². The van der Waals surface area contributed by atoms with Crippen LogP contribution in [0.3, 0.4) is 0 Å². The average molecular weight is 268 g/mol. The van der Waals surface area contributed by atoms with E-state index in [4.69, 9.17) is 0 Å². The van der Waals surface area contributed by atoms with Gasteiger partial charge in [0.2, 0.25) is 0 Å². The first kappa shape index (κ1) is 13.0. The van der Waals surface area contributed by atoms with Crippen molar-refractivity contribution < 1.29 is 0 Å². The molecule has 0 bridgehead atoms. The topological polar surface area (TPSA) is 24.4 Å². The third-order valence-corrected chi connectivity index (χ3v) is 4.80. The minimum Gasteiger partial charge on any atom is -0.357 e. The van der Waals surface area contributed by atoms with Gasteiger partial charge in [-0.15, -0.1) is 11.3 Å². The van der Waals surface area contributed by atoms with Crippen molar-refractivity contribution in [3.8, 4) is 0 Å². The van der Waals surface area contributed by atoms with E-state index < -0.39 is 0 Å². The number of hydrogen-bond acceptors (Lipinski definition) is 4. The Bertz CT molecular complexity index is 371. The lowest BCUT2D eigenvalue weighted by Gasteiger charge is -2.25. The van der Waals surface area contributed by atoms with Gasteiger partial charge in [-0.1, -0.05) is 31.7 Å². The van der Waals surface area contributed by atoms with Crippen molar-refractivity contribution >= 4 is 28.3 Å². The molecule has 0 fully saturated rings. The molecular formula is C13H20N2S2. The summed E-state index contributed by atoms with van der Waals surface area (Å²) in [6.45, 7) is 6.71. The van der Waals surface area contributed by atoms with Gasteiger partial charge in [-0.2, -0.15) is 0 Å². The van der Waals surface area contributed by atoms with Gasteiger partial charge >= 0.3 is 0 Å². The van der Waals surface area contributed by atoms with Crippen molar-refractivity contribution in [1.29, 1.82) is 0 Å². The summed E-state index contributed by atoms with van der Waals surface area (Å²) < 4.78 is 0. The highest BCUT2D eigenvalue weighted by atomic mass is 32.2. The second-order valence-corrected chi connectivity index (χ2v) is 6.86. The zero-order valence-electron chi connectivity index (χ0n) is 10.6. The highest BCUT2D eigenvalue weighted by Crippen LogP contribution is 2.27. The maximum Gasteiger partial charge on any atom is 0.157 e. The Morgan fingerprint density at radius 1 is 1.47 bits per heavy atom. The molecule has 0 aliphatic carbocycles. The van der Waals surface area contributed by atoms with Crippen LogP contribution >= 0.6 is 23.1 Å². The second-order valence-electron chi connectivity index (χ2n) is 4.80. The zero-order chi connectivity index (χ0) is 12.3. The standard InChI is InChI=1S/C13H20N2S2/c1-9(2)12(11-5-4-7-16-11)15-13-14-10(3)6-8-17-13/h4-5,7,9-10,12H,6,8H2,1-3H3,(H,14,15). The normalized spacial score (nSPS) is 22.4. The maximum absolute atomic E-state index is 4.69. The number of aliphatic imine (C=N–C) groups is 1. The Hall–Kier alpha value is -0.480. The minimum absolute atomic E-state index is 0.395. The summed E-state index contributed by atoms with van der Waals surface area (Å²) in [5.41, 5.74) is 0.